The maximum atomic E-state index is 11.8. The first-order chi connectivity index (χ1) is 9.15. The van der Waals surface area contributed by atoms with Gasteiger partial charge in [-0.3, -0.25) is 9.63 Å². The van der Waals surface area contributed by atoms with Gasteiger partial charge in [0.05, 0.1) is 12.1 Å². The van der Waals surface area contributed by atoms with Crippen molar-refractivity contribution < 1.29 is 14.7 Å². The van der Waals surface area contributed by atoms with Gasteiger partial charge in [-0.25, -0.2) is 5.48 Å². The standard InChI is InChI=1S/C14H20N2O3/c15-13(9-10-5-7-11(17)8-6-10)14(18)16-19-12-3-1-2-4-12/h5-8,12-13,17H,1-4,9,15H2,(H,16,18)/t13-/m1/s1. The summed E-state index contributed by atoms with van der Waals surface area (Å²) in [4.78, 5) is 17.1. The number of rotatable bonds is 5. The van der Waals surface area contributed by atoms with Crippen molar-refractivity contribution in [2.75, 3.05) is 0 Å². The van der Waals surface area contributed by atoms with Crippen LogP contribution in [0.15, 0.2) is 24.3 Å². The van der Waals surface area contributed by atoms with Crippen LogP contribution in [0.1, 0.15) is 31.2 Å². The second-order valence-corrected chi connectivity index (χ2v) is 4.97. The summed E-state index contributed by atoms with van der Waals surface area (Å²) in [6.07, 6.45) is 4.84. The van der Waals surface area contributed by atoms with E-state index in [1.165, 1.54) is 0 Å². The van der Waals surface area contributed by atoms with E-state index in [0.29, 0.717) is 6.42 Å². The number of phenolic OH excluding ortho intramolecular Hbond substituents is 1. The molecule has 1 aromatic rings. The minimum Gasteiger partial charge on any atom is -0.508 e. The van der Waals surface area contributed by atoms with Gasteiger partial charge in [0.1, 0.15) is 5.75 Å². The van der Waals surface area contributed by atoms with Crippen LogP contribution in [0.5, 0.6) is 5.75 Å². The average Bonchev–Trinajstić information content (AvgIpc) is 2.91. The number of hydrogen-bond donors (Lipinski definition) is 3. The predicted octanol–water partition coefficient (Wildman–Crippen LogP) is 1.25. The summed E-state index contributed by atoms with van der Waals surface area (Å²) in [7, 11) is 0. The van der Waals surface area contributed by atoms with Gasteiger partial charge < -0.3 is 10.8 Å². The smallest absolute Gasteiger partial charge is 0.260 e. The van der Waals surface area contributed by atoms with Crippen LogP contribution in [-0.2, 0) is 16.1 Å². The van der Waals surface area contributed by atoms with E-state index >= 15 is 0 Å². The van der Waals surface area contributed by atoms with Gasteiger partial charge in [-0.05, 0) is 37.0 Å². The van der Waals surface area contributed by atoms with Crippen molar-refractivity contribution in [2.45, 2.75) is 44.2 Å². The van der Waals surface area contributed by atoms with E-state index in [0.717, 1.165) is 31.2 Å². The highest BCUT2D eigenvalue weighted by Gasteiger charge is 2.19. The van der Waals surface area contributed by atoms with Gasteiger partial charge in [0.25, 0.3) is 5.91 Å². The third kappa shape index (κ3) is 4.22. The molecule has 1 saturated carbocycles. The lowest BCUT2D eigenvalue weighted by molar-refractivity contribution is -0.139. The quantitative estimate of drug-likeness (QED) is 0.699. The molecule has 1 atom stereocenters. The van der Waals surface area contributed by atoms with E-state index in [9.17, 15) is 9.90 Å². The third-order valence-electron chi connectivity index (χ3n) is 3.36. The van der Waals surface area contributed by atoms with Gasteiger partial charge in [-0.1, -0.05) is 25.0 Å². The van der Waals surface area contributed by atoms with Gasteiger partial charge >= 0.3 is 0 Å². The van der Waals surface area contributed by atoms with Crippen molar-refractivity contribution in [1.29, 1.82) is 0 Å². The average molecular weight is 264 g/mol. The highest BCUT2D eigenvalue weighted by molar-refractivity contribution is 5.80. The van der Waals surface area contributed by atoms with Gasteiger partial charge in [-0.2, -0.15) is 0 Å². The van der Waals surface area contributed by atoms with Crippen LogP contribution in [0.25, 0.3) is 0 Å². The first-order valence-electron chi connectivity index (χ1n) is 6.64. The number of carbonyl (C=O) groups excluding carboxylic acids is 1. The van der Waals surface area contributed by atoms with E-state index in [4.69, 9.17) is 10.6 Å². The fourth-order valence-corrected chi connectivity index (χ4v) is 2.20. The first kappa shape index (κ1) is 13.8. The number of nitrogens with two attached hydrogens (primary N) is 1. The number of amides is 1. The lowest BCUT2D eigenvalue weighted by Gasteiger charge is -2.15. The van der Waals surface area contributed by atoms with Crippen molar-refractivity contribution in [3.8, 4) is 5.75 Å². The van der Waals surface area contributed by atoms with Crippen molar-refractivity contribution in [2.24, 2.45) is 5.73 Å². The SMILES string of the molecule is N[C@H](Cc1ccc(O)cc1)C(=O)NOC1CCCC1. The number of phenols is 1. The monoisotopic (exact) mass is 264 g/mol. The number of carbonyl (C=O) groups is 1. The van der Waals surface area contributed by atoms with E-state index in [-0.39, 0.29) is 17.8 Å². The zero-order valence-corrected chi connectivity index (χ0v) is 10.8. The molecule has 0 bridgehead atoms. The fraction of sp³-hybridized carbons (Fsp3) is 0.500. The summed E-state index contributed by atoms with van der Waals surface area (Å²) in [5.41, 5.74) is 9.16. The number of aromatic hydroxyl groups is 1. The summed E-state index contributed by atoms with van der Waals surface area (Å²) < 4.78 is 0. The number of hydroxylamine groups is 1. The Morgan fingerprint density at radius 2 is 2.00 bits per heavy atom. The highest BCUT2D eigenvalue weighted by Crippen LogP contribution is 2.19. The zero-order valence-electron chi connectivity index (χ0n) is 10.8. The van der Waals surface area contributed by atoms with Crippen molar-refractivity contribution in [3.63, 3.8) is 0 Å². The molecule has 0 radical (unpaired) electrons. The Balaban J connectivity index is 1.76. The Kier molecular flexibility index (Phi) is 4.76. The Bertz CT molecular complexity index is 413. The summed E-state index contributed by atoms with van der Waals surface area (Å²) >= 11 is 0. The Morgan fingerprint density at radius 3 is 2.63 bits per heavy atom. The molecule has 0 unspecified atom stereocenters. The molecule has 0 saturated heterocycles. The van der Waals surface area contributed by atoms with Crippen LogP contribution >= 0.6 is 0 Å². The predicted molar refractivity (Wildman–Crippen MR) is 71.3 cm³/mol. The molecular weight excluding hydrogens is 244 g/mol. The summed E-state index contributed by atoms with van der Waals surface area (Å²) in [6, 6.07) is 6.01. The molecule has 1 aliphatic rings. The molecule has 0 heterocycles. The molecule has 1 aromatic carbocycles. The Morgan fingerprint density at radius 1 is 1.37 bits per heavy atom. The Hall–Kier alpha value is -1.59. The summed E-state index contributed by atoms with van der Waals surface area (Å²) in [5, 5.41) is 9.17. The molecular formula is C14H20N2O3. The van der Waals surface area contributed by atoms with Crippen LogP contribution in [0.3, 0.4) is 0 Å². The molecule has 1 fully saturated rings. The fourth-order valence-electron chi connectivity index (χ4n) is 2.20. The van der Waals surface area contributed by atoms with Crippen molar-refractivity contribution in [3.05, 3.63) is 29.8 Å². The third-order valence-corrected chi connectivity index (χ3v) is 3.36. The number of hydrogen-bond acceptors (Lipinski definition) is 4. The van der Waals surface area contributed by atoms with Gasteiger partial charge in [0, 0.05) is 0 Å². The van der Waals surface area contributed by atoms with Crippen molar-refractivity contribution >= 4 is 5.91 Å². The van der Waals surface area contributed by atoms with Crippen LogP contribution in [-0.4, -0.2) is 23.2 Å². The second kappa shape index (κ2) is 6.54. The van der Waals surface area contributed by atoms with Gasteiger partial charge in [0.2, 0.25) is 0 Å². The lowest BCUT2D eigenvalue weighted by Crippen LogP contribution is -2.43. The lowest BCUT2D eigenvalue weighted by atomic mass is 10.1. The van der Waals surface area contributed by atoms with Crippen molar-refractivity contribution in [1.82, 2.24) is 5.48 Å². The van der Waals surface area contributed by atoms with Crippen LogP contribution < -0.4 is 11.2 Å². The maximum Gasteiger partial charge on any atom is 0.260 e. The minimum absolute atomic E-state index is 0.129. The van der Waals surface area contributed by atoms with Crippen LogP contribution in [0, 0.1) is 0 Å². The summed E-state index contributed by atoms with van der Waals surface area (Å²) in [5.74, 6) is -0.105. The largest absolute Gasteiger partial charge is 0.508 e. The van der Waals surface area contributed by atoms with Crippen LogP contribution in [0.4, 0.5) is 0 Å². The number of benzene rings is 1. The zero-order chi connectivity index (χ0) is 13.7. The first-order valence-corrected chi connectivity index (χ1v) is 6.64. The molecule has 19 heavy (non-hydrogen) atoms. The molecule has 0 aromatic heterocycles. The molecule has 1 amide bonds. The molecule has 5 nitrogen and oxygen atoms in total. The van der Waals surface area contributed by atoms with Crippen LogP contribution in [0.2, 0.25) is 0 Å². The number of nitrogens with one attached hydrogen (secondary N) is 1. The molecule has 2 rings (SSSR count). The minimum atomic E-state index is -0.647. The molecule has 0 aliphatic heterocycles. The Labute approximate surface area is 112 Å². The molecule has 0 spiro atoms. The molecule has 4 N–H and O–H groups in total. The second-order valence-electron chi connectivity index (χ2n) is 4.97. The molecule has 104 valence electrons. The van der Waals surface area contributed by atoms with E-state index in [1.807, 2.05) is 0 Å². The maximum absolute atomic E-state index is 11.8. The van der Waals surface area contributed by atoms with E-state index in [2.05, 4.69) is 5.48 Å². The molecule has 1 aliphatic carbocycles. The van der Waals surface area contributed by atoms with E-state index in [1.54, 1.807) is 24.3 Å². The van der Waals surface area contributed by atoms with E-state index < -0.39 is 6.04 Å². The van der Waals surface area contributed by atoms with Gasteiger partial charge in [-0.15, -0.1) is 0 Å². The topological polar surface area (TPSA) is 84.6 Å². The highest BCUT2D eigenvalue weighted by atomic mass is 16.7. The molecule has 5 heteroatoms. The van der Waals surface area contributed by atoms with Gasteiger partial charge in [0.15, 0.2) is 0 Å². The summed E-state index contributed by atoms with van der Waals surface area (Å²) in [6.45, 7) is 0. The normalized spacial score (nSPS) is 17.3.